The first-order valence-corrected chi connectivity index (χ1v) is 9.77. The second-order valence-corrected chi connectivity index (χ2v) is 8.94. The zero-order valence-electron chi connectivity index (χ0n) is 14.4. The Kier molecular flexibility index (Phi) is 3.77. The van der Waals surface area contributed by atoms with Crippen LogP contribution in [0.25, 0.3) is 0 Å². The van der Waals surface area contributed by atoms with Crippen molar-refractivity contribution in [2.45, 2.75) is 84.2 Å². The van der Waals surface area contributed by atoms with E-state index in [2.05, 4.69) is 6.92 Å². The Labute approximate surface area is 135 Å². The van der Waals surface area contributed by atoms with Crippen LogP contribution in [0.2, 0.25) is 0 Å². The number of carbonyl (C=O) groups excluding carboxylic acids is 1. The van der Waals surface area contributed by atoms with Gasteiger partial charge >= 0.3 is 5.97 Å². The molecule has 0 aromatic rings. The zero-order valence-corrected chi connectivity index (χ0v) is 14.4. The molecule has 5 unspecified atom stereocenters. The molecule has 0 radical (unpaired) electrons. The molecule has 2 heteroatoms. The summed E-state index contributed by atoms with van der Waals surface area (Å²) >= 11 is 0. The highest BCUT2D eigenvalue weighted by Gasteiger charge is 2.57. The number of ether oxygens (including phenoxy) is 1. The van der Waals surface area contributed by atoms with Gasteiger partial charge in [0, 0.05) is 12.3 Å². The van der Waals surface area contributed by atoms with Crippen molar-refractivity contribution in [3.05, 3.63) is 0 Å². The van der Waals surface area contributed by atoms with Gasteiger partial charge in [0.05, 0.1) is 0 Å². The summed E-state index contributed by atoms with van der Waals surface area (Å²) < 4.78 is 5.73. The van der Waals surface area contributed by atoms with Crippen molar-refractivity contribution in [1.82, 2.24) is 0 Å². The van der Waals surface area contributed by atoms with Crippen LogP contribution < -0.4 is 0 Å². The van der Waals surface area contributed by atoms with Gasteiger partial charge in [0.25, 0.3) is 0 Å². The van der Waals surface area contributed by atoms with Crippen molar-refractivity contribution in [3.63, 3.8) is 0 Å². The number of hydrogen-bond donors (Lipinski definition) is 0. The number of carbonyl (C=O) groups is 1. The van der Waals surface area contributed by atoms with Crippen molar-refractivity contribution in [1.29, 1.82) is 0 Å². The van der Waals surface area contributed by atoms with Gasteiger partial charge in [-0.3, -0.25) is 4.79 Å². The van der Waals surface area contributed by atoms with Crippen LogP contribution in [0.15, 0.2) is 0 Å². The number of fused-ring (bicyclic) bond motifs is 5. The molecule has 0 aromatic heterocycles. The van der Waals surface area contributed by atoms with Gasteiger partial charge < -0.3 is 4.74 Å². The molecular formula is C20H32O2. The van der Waals surface area contributed by atoms with Crippen LogP contribution in [0.4, 0.5) is 0 Å². The molecular weight excluding hydrogens is 272 g/mol. The lowest BCUT2D eigenvalue weighted by Crippen LogP contribution is -2.49. The van der Waals surface area contributed by atoms with E-state index < -0.39 is 0 Å². The van der Waals surface area contributed by atoms with Gasteiger partial charge in [-0.1, -0.05) is 26.2 Å². The molecule has 4 rings (SSSR count). The maximum Gasteiger partial charge on any atom is 0.302 e. The van der Waals surface area contributed by atoms with E-state index in [1.54, 1.807) is 6.92 Å². The largest absolute Gasteiger partial charge is 0.462 e. The fourth-order valence-corrected chi connectivity index (χ4v) is 7.17. The molecule has 0 aromatic carbocycles. The minimum Gasteiger partial charge on any atom is -0.462 e. The van der Waals surface area contributed by atoms with E-state index >= 15 is 0 Å². The third kappa shape index (κ3) is 2.24. The molecule has 2 nitrogen and oxygen atoms in total. The minimum atomic E-state index is -0.0787. The normalized spacial score (nSPS) is 50.6. The summed E-state index contributed by atoms with van der Waals surface area (Å²) in [5.41, 5.74) is 0.272. The topological polar surface area (TPSA) is 26.3 Å². The van der Waals surface area contributed by atoms with Gasteiger partial charge in [-0.2, -0.15) is 0 Å². The van der Waals surface area contributed by atoms with Crippen LogP contribution in [-0.2, 0) is 9.53 Å². The van der Waals surface area contributed by atoms with Crippen molar-refractivity contribution >= 4 is 5.97 Å². The summed E-state index contributed by atoms with van der Waals surface area (Å²) in [7, 11) is 0. The van der Waals surface area contributed by atoms with Crippen LogP contribution in [0.3, 0.4) is 0 Å². The predicted octanol–water partition coefficient (Wildman–Crippen LogP) is 4.96. The molecule has 0 saturated heterocycles. The maximum atomic E-state index is 11.5. The first-order chi connectivity index (χ1) is 10.6. The Hall–Kier alpha value is -0.530. The van der Waals surface area contributed by atoms with E-state index in [1.807, 2.05) is 0 Å². The van der Waals surface area contributed by atoms with E-state index in [-0.39, 0.29) is 17.5 Å². The molecule has 124 valence electrons. The van der Waals surface area contributed by atoms with E-state index in [9.17, 15) is 4.79 Å². The molecule has 22 heavy (non-hydrogen) atoms. The van der Waals surface area contributed by atoms with Crippen LogP contribution in [0.5, 0.6) is 0 Å². The second-order valence-electron chi connectivity index (χ2n) is 8.94. The summed E-state index contributed by atoms with van der Waals surface area (Å²) in [6, 6.07) is 0. The van der Waals surface area contributed by atoms with E-state index in [0.717, 1.165) is 36.0 Å². The Bertz CT molecular complexity index is 445. The lowest BCUT2D eigenvalue weighted by atomic mass is 9.50. The molecule has 4 fully saturated rings. The van der Waals surface area contributed by atoms with Crippen LogP contribution in [0, 0.1) is 35.0 Å². The summed E-state index contributed by atoms with van der Waals surface area (Å²) in [4.78, 5) is 11.5. The molecule has 0 amide bonds. The first-order valence-electron chi connectivity index (χ1n) is 9.77. The van der Waals surface area contributed by atoms with Crippen molar-refractivity contribution in [2.75, 3.05) is 0 Å². The average molecular weight is 304 g/mol. The molecule has 7 atom stereocenters. The van der Waals surface area contributed by atoms with Gasteiger partial charge in [-0.05, 0) is 74.5 Å². The second kappa shape index (κ2) is 5.53. The average Bonchev–Trinajstić information content (AvgIpc) is 2.83. The lowest BCUT2D eigenvalue weighted by Gasteiger charge is -2.55. The fourth-order valence-electron chi connectivity index (χ4n) is 7.17. The summed E-state index contributed by atoms with van der Waals surface area (Å²) in [6.07, 6.45) is 14.2. The van der Waals surface area contributed by atoms with Crippen molar-refractivity contribution < 1.29 is 9.53 Å². The fraction of sp³-hybridized carbons (Fsp3) is 0.950. The number of hydrogen-bond acceptors (Lipinski definition) is 2. The molecule has 0 aliphatic heterocycles. The van der Waals surface area contributed by atoms with Gasteiger partial charge in [0.1, 0.15) is 6.10 Å². The van der Waals surface area contributed by atoms with E-state index in [4.69, 9.17) is 4.74 Å². The van der Waals surface area contributed by atoms with Gasteiger partial charge in [0.2, 0.25) is 0 Å². The highest BCUT2D eigenvalue weighted by molar-refractivity contribution is 5.66. The number of rotatable bonds is 1. The summed E-state index contributed by atoms with van der Waals surface area (Å²) in [5.74, 6) is 4.74. The molecule has 0 N–H and O–H groups in total. The molecule has 0 spiro atoms. The quantitative estimate of drug-likeness (QED) is 0.640. The monoisotopic (exact) mass is 304 g/mol. The molecule has 0 bridgehead atoms. The highest BCUT2D eigenvalue weighted by atomic mass is 16.5. The van der Waals surface area contributed by atoms with Crippen molar-refractivity contribution in [3.8, 4) is 0 Å². The summed E-state index contributed by atoms with van der Waals surface area (Å²) in [6.45, 7) is 4.01. The zero-order chi connectivity index (χ0) is 15.3. The van der Waals surface area contributed by atoms with Crippen LogP contribution in [0.1, 0.15) is 78.1 Å². The molecule has 4 aliphatic rings. The Morgan fingerprint density at radius 1 is 0.909 bits per heavy atom. The molecule has 4 aliphatic carbocycles. The first kappa shape index (κ1) is 15.0. The molecule has 4 saturated carbocycles. The number of esters is 1. The van der Waals surface area contributed by atoms with Crippen LogP contribution in [-0.4, -0.2) is 12.1 Å². The Morgan fingerprint density at radius 3 is 2.55 bits per heavy atom. The Morgan fingerprint density at radius 2 is 1.73 bits per heavy atom. The van der Waals surface area contributed by atoms with E-state index in [0.29, 0.717) is 0 Å². The third-order valence-electron chi connectivity index (χ3n) is 8.10. The van der Waals surface area contributed by atoms with Crippen LogP contribution >= 0.6 is 0 Å². The third-order valence-corrected chi connectivity index (χ3v) is 8.10. The van der Waals surface area contributed by atoms with Gasteiger partial charge in [-0.25, -0.2) is 0 Å². The highest BCUT2D eigenvalue weighted by Crippen LogP contribution is 2.62. The summed E-state index contributed by atoms with van der Waals surface area (Å²) in [5, 5.41) is 0. The maximum absolute atomic E-state index is 11.5. The smallest absolute Gasteiger partial charge is 0.302 e. The van der Waals surface area contributed by atoms with Crippen molar-refractivity contribution in [2.24, 2.45) is 35.0 Å². The van der Waals surface area contributed by atoms with E-state index in [1.165, 1.54) is 57.8 Å². The Balaban J connectivity index is 1.54. The predicted molar refractivity (Wildman–Crippen MR) is 87.3 cm³/mol. The standard InChI is InChI=1S/C20H32O2/c1-13(21)22-19-10-9-18-17-8-7-14-5-3-4-6-15(14)16(17)11-12-20(18,19)2/h14-19H,3-12H2,1-2H3/t14?,15?,16?,17?,18?,19-,20-/m0/s1. The molecule has 0 heterocycles. The lowest BCUT2D eigenvalue weighted by molar-refractivity contribution is -0.157. The van der Waals surface area contributed by atoms with Gasteiger partial charge in [-0.15, -0.1) is 0 Å². The van der Waals surface area contributed by atoms with Gasteiger partial charge in [0.15, 0.2) is 0 Å². The SMILES string of the molecule is CC(=O)O[C@H]1CCC2C3CCC4CCCCC4C3CC[C@@]21C. The minimum absolute atomic E-state index is 0.0787.